The van der Waals surface area contributed by atoms with Crippen LogP contribution in [-0.2, 0) is 0 Å². The van der Waals surface area contributed by atoms with Gasteiger partial charge in [-0.2, -0.15) is 0 Å². The number of amides is 2. The van der Waals surface area contributed by atoms with Gasteiger partial charge in [0, 0.05) is 6.20 Å². The molecule has 0 N–H and O–H groups in total. The second-order valence-electron chi connectivity index (χ2n) is 3.07. The van der Waals surface area contributed by atoms with Gasteiger partial charge in [0.1, 0.15) is 5.75 Å². The summed E-state index contributed by atoms with van der Waals surface area (Å²) in [6.07, 6.45) is 1.22. The van der Waals surface area contributed by atoms with E-state index in [1.54, 1.807) is 18.2 Å². The van der Waals surface area contributed by atoms with Crippen LogP contribution in [0.5, 0.6) is 5.75 Å². The average molecular weight is 203 g/mol. The molecule has 1 heterocycles. The van der Waals surface area contributed by atoms with Gasteiger partial charge in [-0.05, 0) is 18.2 Å². The van der Waals surface area contributed by atoms with Crippen LogP contribution >= 0.6 is 0 Å². The lowest BCUT2D eigenvalue weighted by atomic mass is 10.1. The maximum absolute atomic E-state index is 11.7. The molecule has 0 radical (unpaired) electrons. The van der Waals surface area contributed by atoms with Gasteiger partial charge in [-0.1, -0.05) is 6.58 Å². The third kappa shape index (κ3) is 1.22. The summed E-state index contributed by atoms with van der Waals surface area (Å²) in [5, 5.41) is 0. The fourth-order valence-electron chi connectivity index (χ4n) is 1.53. The number of hydrogen-bond donors (Lipinski definition) is 0. The van der Waals surface area contributed by atoms with Crippen molar-refractivity contribution in [3.05, 3.63) is 42.1 Å². The van der Waals surface area contributed by atoms with Crippen molar-refractivity contribution in [2.24, 2.45) is 0 Å². The minimum Gasteiger partial charge on any atom is -0.497 e. The molecule has 4 heteroatoms. The van der Waals surface area contributed by atoms with E-state index < -0.39 is 0 Å². The van der Waals surface area contributed by atoms with E-state index in [9.17, 15) is 9.59 Å². The lowest BCUT2D eigenvalue weighted by molar-refractivity contribution is 0.0722. The minimum atomic E-state index is -0.357. The number of hydrogen-bond acceptors (Lipinski definition) is 3. The number of imide groups is 1. The van der Waals surface area contributed by atoms with E-state index >= 15 is 0 Å². The van der Waals surface area contributed by atoms with Crippen molar-refractivity contribution in [2.45, 2.75) is 0 Å². The van der Waals surface area contributed by atoms with Crippen molar-refractivity contribution >= 4 is 11.8 Å². The van der Waals surface area contributed by atoms with Gasteiger partial charge in [0.2, 0.25) is 0 Å². The van der Waals surface area contributed by atoms with Crippen molar-refractivity contribution in [3.63, 3.8) is 0 Å². The number of nitrogens with zero attached hydrogens (tertiary/aromatic N) is 1. The van der Waals surface area contributed by atoms with E-state index in [4.69, 9.17) is 4.74 Å². The summed E-state index contributed by atoms with van der Waals surface area (Å²) in [6, 6.07) is 4.79. The number of carbonyl (C=O) groups is 2. The predicted molar refractivity (Wildman–Crippen MR) is 53.7 cm³/mol. The number of fused-ring (bicyclic) bond motifs is 1. The summed E-state index contributed by atoms with van der Waals surface area (Å²) >= 11 is 0. The van der Waals surface area contributed by atoms with Crippen LogP contribution < -0.4 is 4.74 Å². The molecule has 4 nitrogen and oxygen atoms in total. The number of benzene rings is 1. The largest absolute Gasteiger partial charge is 0.497 e. The van der Waals surface area contributed by atoms with E-state index in [0.717, 1.165) is 4.90 Å². The van der Waals surface area contributed by atoms with Gasteiger partial charge in [0.25, 0.3) is 11.8 Å². The van der Waals surface area contributed by atoms with Gasteiger partial charge in [-0.25, -0.2) is 4.90 Å². The van der Waals surface area contributed by atoms with E-state index in [2.05, 4.69) is 6.58 Å². The Kier molecular flexibility index (Phi) is 2.04. The molecule has 1 aromatic rings. The van der Waals surface area contributed by atoms with E-state index in [1.165, 1.54) is 13.3 Å². The minimum absolute atomic E-state index is 0.340. The first-order valence-corrected chi connectivity index (χ1v) is 4.37. The van der Waals surface area contributed by atoms with E-state index in [1.807, 2.05) is 0 Å². The highest BCUT2D eigenvalue weighted by atomic mass is 16.5. The highest BCUT2D eigenvalue weighted by Crippen LogP contribution is 2.26. The van der Waals surface area contributed by atoms with Gasteiger partial charge in [-0.15, -0.1) is 0 Å². The van der Waals surface area contributed by atoms with Crippen molar-refractivity contribution in [2.75, 3.05) is 7.11 Å². The van der Waals surface area contributed by atoms with Crippen LogP contribution in [0.1, 0.15) is 20.7 Å². The Balaban J connectivity index is 2.57. The van der Waals surface area contributed by atoms with Crippen LogP contribution in [0.2, 0.25) is 0 Å². The van der Waals surface area contributed by atoms with Crippen molar-refractivity contribution < 1.29 is 14.3 Å². The molecule has 2 rings (SSSR count). The molecule has 76 valence electrons. The number of ether oxygens (including phenoxy) is 1. The van der Waals surface area contributed by atoms with Crippen LogP contribution in [0.4, 0.5) is 0 Å². The maximum atomic E-state index is 11.7. The fraction of sp³-hybridized carbons (Fsp3) is 0.0909. The Morgan fingerprint density at radius 1 is 1.27 bits per heavy atom. The van der Waals surface area contributed by atoms with Crippen LogP contribution in [0.25, 0.3) is 0 Å². The number of rotatable bonds is 2. The van der Waals surface area contributed by atoms with E-state index in [-0.39, 0.29) is 11.8 Å². The molecule has 0 aromatic heterocycles. The lowest BCUT2D eigenvalue weighted by Crippen LogP contribution is -2.22. The SMILES string of the molecule is C=CN1C(=O)c2ccc(OC)cc2C1=O. The van der Waals surface area contributed by atoms with Gasteiger partial charge in [0.05, 0.1) is 18.2 Å². The normalized spacial score (nSPS) is 14.1. The first kappa shape index (κ1) is 9.45. The van der Waals surface area contributed by atoms with Gasteiger partial charge in [0.15, 0.2) is 0 Å². The zero-order chi connectivity index (χ0) is 11.0. The Bertz CT molecular complexity index is 465. The third-order valence-electron chi connectivity index (χ3n) is 2.31. The zero-order valence-corrected chi connectivity index (χ0v) is 8.19. The second-order valence-corrected chi connectivity index (χ2v) is 3.07. The molecule has 0 atom stereocenters. The molecule has 0 saturated heterocycles. The molecule has 1 aromatic carbocycles. The fourth-order valence-corrected chi connectivity index (χ4v) is 1.53. The van der Waals surface area contributed by atoms with Crippen LogP contribution in [0.15, 0.2) is 31.0 Å². The van der Waals surface area contributed by atoms with Gasteiger partial charge in [-0.3, -0.25) is 9.59 Å². The van der Waals surface area contributed by atoms with Crippen LogP contribution in [-0.4, -0.2) is 23.8 Å². The summed E-state index contributed by atoms with van der Waals surface area (Å²) in [7, 11) is 1.51. The molecule has 1 aliphatic heterocycles. The monoisotopic (exact) mass is 203 g/mol. The topological polar surface area (TPSA) is 46.6 Å². The first-order chi connectivity index (χ1) is 7.19. The first-order valence-electron chi connectivity index (χ1n) is 4.37. The highest BCUT2D eigenvalue weighted by Gasteiger charge is 2.33. The summed E-state index contributed by atoms with van der Waals surface area (Å²) in [5.41, 5.74) is 0.750. The second kappa shape index (κ2) is 3.24. The van der Waals surface area contributed by atoms with Crippen molar-refractivity contribution in [3.8, 4) is 5.75 Å². The lowest BCUT2D eigenvalue weighted by Gasteiger charge is -2.04. The average Bonchev–Trinajstić information content (AvgIpc) is 2.51. The maximum Gasteiger partial charge on any atom is 0.265 e. The van der Waals surface area contributed by atoms with Gasteiger partial charge >= 0.3 is 0 Å². The van der Waals surface area contributed by atoms with Crippen LogP contribution in [0.3, 0.4) is 0 Å². The smallest absolute Gasteiger partial charge is 0.265 e. The molecule has 0 bridgehead atoms. The Morgan fingerprint density at radius 2 is 1.93 bits per heavy atom. The highest BCUT2D eigenvalue weighted by molar-refractivity contribution is 6.22. The third-order valence-corrected chi connectivity index (χ3v) is 2.31. The summed E-state index contributed by atoms with van der Waals surface area (Å²) < 4.78 is 4.98. The Morgan fingerprint density at radius 3 is 2.53 bits per heavy atom. The summed E-state index contributed by atoms with van der Waals surface area (Å²) in [4.78, 5) is 24.3. The number of methoxy groups -OCH3 is 1. The molecule has 15 heavy (non-hydrogen) atoms. The molecular weight excluding hydrogens is 194 g/mol. The van der Waals surface area contributed by atoms with E-state index in [0.29, 0.717) is 16.9 Å². The van der Waals surface area contributed by atoms with Crippen molar-refractivity contribution in [1.82, 2.24) is 4.90 Å². The molecule has 0 fully saturated rings. The Labute approximate surface area is 86.8 Å². The van der Waals surface area contributed by atoms with Crippen molar-refractivity contribution in [1.29, 1.82) is 0 Å². The molecule has 0 spiro atoms. The molecule has 0 aliphatic carbocycles. The molecule has 0 saturated carbocycles. The van der Waals surface area contributed by atoms with Gasteiger partial charge < -0.3 is 4.74 Å². The Hall–Kier alpha value is -2.10. The predicted octanol–water partition coefficient (Wildman–Crippen LogP) is 1.43. The quantitative estimate of drug-likeness (QED) is 0.683. The molecule has 0 unspecified atom stereocenters. The summed E-state index contributed by atoms with van der Waals surface area (Å²) in [6.45, 7) is 3.42. The number of carbonyl (C=O) groups excluding carboxylic acids is 2. The zero-order valence-electron chi connectivity index (χ0n) is 8.19. The van der Waals surface area contributed by atoms with Crippen LogP contribution in [0, 0.1) is 0 Å². The molecule has 1 aliphatic rings. The molecule has 2 amide bonds. The summed E-state index contributed by atoms with van der Waals surface area (Å²) in [5.74, 6) is -0.141. The standard InChI is InChI=1S/C11H9NO3/c1-3-12-10(13)8-5-4-7(15-2)6-9(8)11(12)14/h3-6H,1H2,2H3. The molecular formula is C11H9NO3.